The van der Waals surface area contributed by atoms with E-state index in [-0.39, 0.29) is 28.8 Å². The molecule has 0 spiro atoms. The van der Waals surface area contributed by atoms with Gasteiger partial charge in [0.1, 0.15) is 5.82 Å². The Kier molecular flexibility index (Phi) is 7.57. The first kappa shape index (κ1) is 24.7. The average Bonchev–Trinajstić information content (AvgIpc) is 3.31. The van der Waals surface area contributed by atoms with E-state index >= 15 is 0 Å². The first-order chi connectivity index (χ1) is 16.3. The number of carbonyl (C=O) groups is 1. The monoisotopic (exact) mass is 487 g/mol. The lowest BCUT2D eigenvalue weighted by Crippen LogP contribution is -2.46. The third-order valence-electron chi connectivity index (χ3n) is 7.02. The Bertz CT molecular complexity index is 1140. The van der Waals surface area contributed by atoms with Crippen LogP contribution in [-0.4, -0.2) is 57.7 Å². The Morgan fingerprint density at radius 3 is 2.53 bits per heavy atom. The second-order valence-corrected chi connectivity index (χ2v) is 11.4. The van der Waals surface area contributed by atoms with E-state index < -0.39 is 15.9 Å². The highest BCUT2D eigenvalue weighted by Gasteiger charge is 2.23. The first-order valence-corrected chi connectivity index (χ1v) is 13.8. The van der Waals surface area contributed by atoms with Crippen LogP contribution >= 0.6 is 0 Å². The molecule has 1 N–H and O–H groups in total. The minimum Gasteiger partial charge on any atom is -0.369 e. The fraction of sp³-hybridized carbons (Fsp3) is 0.500. The standard InChI is InChI=1S/C26H34FN3O3S/c1-3-29-12-14-30(15-13-29)25-10-8-22(27)18-24(25)19(2)28-26(31)11-16-34(32,33)23-9-7-20-5-4-6-21(20)17-23/h7-10,17-19H,3-6,11-16H2,1-2H3,(H,28,31). The molecule has 2 aliphatic rings. The Morgan fingerprint density at radius 1 is 1.06 bits per heavy atom. The number of piperazine rings is 1. The van der Waals surface area contributed by atoms with Gasteiger partial charge in [0.05, 0.1) is 16.7 Å². The number of carbonyl (C=O) groups excluding carboxylic acids is 1. The highest BCUT2D eigenvalue weighted by molar-refractivity contribution is 7.91. The summed E-state index contributed by atoms with van der Waals surface area (Å²) >= 11 is 0. The maximum Gasteiger partial charge on any atom is 0.221 e. The number of rotatable bonds is 8. The number of benzene rings is 2. The summed E-state index contributed by atoms with van der Waals surface area (Å²) in [7, 11) is -3.55. The molecule has 8 heteroatoms. The van der Waals surface area contributed by atoms with Gasteiger partial charge in [0.15, 0.2) is 9.84 Å². The van der Waals surface area contributed by atoms with Crippen molar-refractivity contribution in [1.82, 2.24) is 10.2 Å². The number of fused-ring (bicyclic) bond motifs is 1. The van der Waals surface area contributed by atoms with Gasteiger partial charge in [-0.15, -0.1) is 0 Å². The maximum atomic E-state index is 14.1. The molecule has 1 fully saturated rings. The van der Waals surface area contributed by atoms with Crippen LogP contribution in [0.1, 0.15) is 49.4 Å². The van der Waals surface area contributed by atoms with Crippen molar-refractivity contribution in [2.24, 2.45) is 0 Å². The number of halogens is 1. The molecule has 4 rings (SSSR count). The van der Waals surface area contributed by atoms with E-state index in [2.05, 4.69) is 22.0 Å². The van der Waals surface area contributed by atoms with Crippen LogP contribution in [0, 0.1) is 5.82 Å². The minimum atomic E-state index is -3.55. The lowest BCUT2D eigenvalue weighted by molar-refractivity contribution is -0.121. The lowest BCUT2D eigenvalue weighted by atomic mass is 10.0. The summed E-state index contributed by atoms with van der Waals surface area (Å²) in [5.41, 5.74) is 3.93. The van der Waals surface area contributed by atoms with Crippen LogP contribution in [0.5, 0.6) is 0 Å². The molecule has 0 bridgehead atoms. The molecule has 1 aliphatic carbocycles. The normalized spacial score (nSPS) is 17.4. The van der Waals surface area contributed by atoms with Crippen molar-refractivity contribution in [3.05, 3.63) is 58.9 Å². The Balaban J connectivity index is 1.39. The predicted octanol–water partition coefficient (Wildman–Crippen LogP) is 3.50. The van der Waals surface area contributed by atoms with Crippen LogP contribution < -0.4 is 10.2 Å². The highest BCUT2D eigenvalue weighted by atomic mass is 32.2. The summed E-state index contributed by atoms with van der Waals surface area (Å²) in [6.07, 6.45) is 2.81. The second kappa shape index (κ2) is 10.4. The van der Waals surface area contributed by atoms with Crippen LogP contribution in [0.4, 0.5) is 10.1 Å². The fourth-order valence-electron chi connectivity index (χ4n) is 4.94. The van der Waals surface area contributed by atoms with E-state index in [1.54, 1.807) is 18.2 Å². The van der Waals surface area contributed by atoms with Gasteiger partial charge in [-0.3, -0.25) is 4.79 Å². The zero-order valence-electron chi connectivity index (χ0n) is 20.0. The van der Waals surface area contributed by atoms with Gasteiger partial charge in [-0.05, 0) is 74.2 Å². The zero-order chi connectivity index (χ0) is 24.3. The fourth-order valence-corrected chi connectivity index (χ4v) is 6.23. The van der Waals surface area contributed by atoms with Crippen molar-refractivity contribution in [3.8, 4) is 0 Å². The highest BCUT2D eigenvalue weighted by Crippen LogP contribution is 2.29. The molecule has 184 valence electrons. The Labute approximate surface area is 202 Å². The Hall–Kier alpha value is -2.45. The molecular weight excluding hydrogens is 453 g/mol. The lowest BCUT2D eigenvalue weighted by Gasteiger charge is -2.37. The molecule has 2 aromatic rings. The number of nitrogens with zero attached hydrogens (tertiary/aromatic N) is 2. The van der Waals surface area contributed by atoms with Crippen molar-refractivity contribution in [1.29, 1.82) is 0 Å². The molecule has 6 nitrogen and oxygen atoms in total. The van der Waals surface area contributed by atoms with E-state index in [1.165, 1.54) is 17.7 Å². The summed E-state index contributed by atoms with van der Waals surface area (Å²) in [4.78, 5) is 17.5. The number of sulfone groups is 1. The van der Waals surface area contributed by atoms with Gasteiger partial charge in [0, 0.05) is 43.9 Å². The summed E-state index contributed by atoms with van der Waals surface area (Å²) < 4.78 is 39.7. The quantitative estimate of drug-likeness (QED) is 0.617. The van der Waals surface area contributed by atoms with E-state index in [0.717, 1.165) is 63.2 Å². The predicted molar refractivity (Wildman–Crippen MR) is 132 cm³/mol. The van der Waals surface area contributed by atoms with E-state index in [0.29, 0.717) is 5.56 Å². The SMILES string of the molecule is CCN1CCN(c2ccc(F)cc2C(C)NC(=O)CCS(=O)(=O)c2ccc3c(c2)CCC3)CC1. The molecule has 1 heterocycles. The average molecular weight is 488 g/mol. The molecule has 1 aliphatic heterocycles. The Morgan fingerprint density at radius 2 is 1.79 bits per heavy atom. The number of hydrogen-bond acceptors (Lipinski definition) is 5. The van der Waals surface area contributed by atoms with Gasteiger partial charge in [0.2, 0.25) is 5.91 Å². The van der Waals surface area contributed by atoms with E-state index in [9.17, 15) is 17.6 Å². The van der Waals surface area contributed by atoms with Crippen LogP contribution in [0.3, 0.4) is 0 Å². The summed E-state index contributed by atoms with van der Waals surface area (Å²) in [5, 5.41) is 2.88. The van der Waals surface area contributed by atoms with Crippen molar-refractivity contribution in [3.63, 3.8) is 0 Å². The summed E-state index contributed by atoms with van der Waals surface area (Å²) in [6, 6.07) is 9.55. The number of hydrogen-bond donors (Lipinski definition) is 1. The van der Waals surface area contributed by atoms with Crippen LogP contribution in [-0.2, 0) is 27.5 Å². The number of anilines is 1. The molecule has 1 atom stereocenters. The van der Waals surface area contributed by atoms with Crippen molar-refractivity contribution < 1.29 is 17.6 Å². The van der Waals surface area contributed by atoms with Crippen molar-refractivity contribution >= 4 is 21.4 Å². The summed E-state index contributed by atoms with van der Waals surface area (Å²) in [6.45, 7) is 8.51. The van der Waals surface area contributed by atoms with Gasteiger partial charge in [0.25, 0.3) is 0 Å². The molecule has 2 aromatic carbocycles. The number of nitrogens with one attached hydrogen (secondary N) is 1. The first-order valence-electron chi connectivity index (χ1n) is 12.2. The van der Waals surface area contributed by atoms with Crippen LogP contribution in [0.2, 0.25) is 0 Å². The van der Waals surface area contributed by atoms with Gasteiger partial charge in [-0.1, -0.05) is 13.0 Å². The smallest absolute Gasteiger partial charge is 0.221 e. The number of likely N-dealkylation sites (N-methyl/N-ethyl adjacent to an activating group) is 1. The summed E-state index contributed by atoms with van der Waals surface area (Å²) in [5.74, 6) is -0.964. The number of amides is 1. The minimum absolute atomic E-state index is 0.135. The van der Waals surface area contributed by atoms with Crippen molar-refractivity contribution in [2.75, 3.05) is 43.4 Å². The van der Waals surface area contributed by atoms with Gasteiger partial charge in [-0.2, -0.15) is 0 Å². The third kappa shape index (κ3) is 5.61. The molecule has 0 radical (unpaired) electrons. The van der Waals surface area contributed by atoms with Gasteiger partial charge in [-0.25, -0.2) is 12.8 Å². The third-order valence-corrected chi connectivity index (χ3v) is 8.73. The molecule has 1 amide bonds. The van der Waals surface area contributed by atoms with E-state index in [1.807, 2.05) is 13.0 Å². The van der Waals surface area contributed by atoms with Crippen molar-refractivity contribution in [2.45, 2.75) is 50.5 Å². The molecule has 0 saturated carbocycles. The molecule has 0 aromatic heterocycles. The molecular formula is C26H34FN3O3S. The maximum absolute atomic E-state index is 14.1. The second-order valence-electron chi connectivity index (χ2n) is 9.27. The number of aryl methyl sites for hydroxylation is 2. The topological polar surface area (TPSA) is 69.7 Å². The van der Waals surface area contributed by atoms with Crippen LogP contribution in [0.15, 0.2) is 41.3 Å². The van der Waals surface area contributed by atoms with E-state index in [4.69, 9.17) is 0 Å². The van der Waals surface area contributed by atoms with Gasteiger partial charge < -0.3 is 15.1 Å². The van der Waals surface area contributed by atoms with Gasteiger partial charge >= 0.3 is 0 Å². The zero-order valence-corrected chi connectivity index (χ0v) is 20.8. The van der Waals surface area contributed by atoms with Crippen LogP contribution in [0.25, 0.3) is 0 Å². The molecule has 1 saturated heterocycles. The molecule has 34 heavy (non-hydrogen) atoms. The molecule has 1 unspecified atom stereocenters. The largest absolute Gasteiger partial charge is 0.369 e.